The van der Waals surface area contributed by atoms with E-state index in [0.717, 1.165) is 4.90 Å². The van der Waals surface area contributed by atoms with Gasteiger partial charge in [0.15, 0.2) is 0 Å². The van der Waals surface area contributed by atoms with Gasteiger partial charge in [0.1, 0.15) is 0 Å². The molecule has 126 valence electrons. The summed E-state index contributed by atoms with van der Waals surface area (Å²) in [4.78, 5) is 27.6. The van der Waals surface area contributed by atoms with Crippen molar-refractivity contribution in [3.63, 3.8) is 0 Å². The zero-order chi connectivity index (χ0) is 17.4. The number of benzene rings is 2. The number of nitrogens with zero attached hydrogens (tertiary/aromatic N) is 1. The first-order valence-corrected chi connectivity index (χ1v) is 9.00. The fraction of sp³-hybridized carbons (Fsp3) is 0.263. The van der Waals surface area contributed by atoms with Gasteiger partial charge in [0, 0.05) is 18.0 Å². The van der Waals surface area contributed by atoms with Gasteiger partial charge in [-0.25, -0.2) is 0 Å². The van der Waals surface area contributed by atoms with Crippen LogP contribution in [0.25, 0.3) is 0 Å². The van der Waals surface area contributed by atoms with Crippen molar-refractivity contribution in [2.45, 2.75) is 18.7 Å². The number of hydrogen-bond donors (Lipinski definition) is 1. The first-order valence-electron chi connectivity index (χ1n) is 8.01. The smallest absolute Gasteiger partial charge is 0.255 e. The van der Waals surface area contributed by atoms with Crippen LogP contribution in [-0.4, -0.2) is 35.6 Å². The Kier molecular flexibility index (Phi) is 6.88. The molecule has 0 saturated carbocycles. The number of hydrogen-bond acceptors (Lipinski definition) is 3. The maximum Gasteiger partial charge on any atom is 0.255 e. The molecule has 0 aliphatic carbocycles. The minimum Gasteiger partial charge on any atom is -0.339 e. The molecule has 5 heteroatoms. The highest BCUT2D eigenvalue weighted by Crippen LogP contribution is 2.20. The van der Waals surface area contributed by atoms with Crippen molar-refractivity contribution >= 4 is 29.3 Å². The Hall–Kier alpha value is -2.27. The molecule has 0 spiro atoms. The Labute approximate surface area is 147 Å². The average Bonchev–Trinajstić information content (AvgIpc) is 2.62. The van der Waals surface area contributed by atoms with Crippen molar-refractivity contribution in [3.8, 4) is 0 Å². The molecule has 0 unspecified atom stereocenters. The third-order valence-corrected chi connectivity index (χ3v) is 4.61. The van der Waals surface area contributed by atoms with Crippen LogP contribution in [0, 0.1) is 0 Å². The molecule has 2 aromatic carbocycles. The molecule has 0 atom stereocenters. The second kappa shape index (κ2) is 9.13. The van der Waals surface area contributed by atoms with Gasteiger partial charge in [0.05, 0.1) is 17.0 Å². The number of amides is 2. The van der Waals surface area contributed by atoms with Crippen LogP contribution in [0.5, 0.6) is 0 Å². The van der Waals surface area contributed by atoms with Gasteiger partial charge in [-0.05, 0) is 38.1 Å². The third kappa shape index (κ3) is 4.86. The van der Waals surface area contributed by atoms with Crippen LogP contribution in [0.2, 0.25) is 0 Å². The van der Waals surface area contributed by atoms with Crippen LogP contribution >= 0.6 is 11.8 Å². The summed E-state index contributed by atoms with van der Waals surface area (Å²) < 4.78 is 0. The summed E-state index contributed by atoms with van der Waals surface area (Å²) in [6.07, 6.45) is 0. The van der Waals surface area contributed by atoms with Gasteiger partial charge in [-0.1, -0.05) is 30.3 Å². The van der Waals surface area contributed by atoms with E-state index in [1.54, 1.807) is 17.0 Å². The van der Waals surface area contributed by atoms with Gasteiger partial charge < -0.3 is 10.2 Å². The highest BCUT2D eigenvalue weighted by atomic mass is 32.2. The molecular weight excluding hydrogens is 320 g/mol. The van der Waals surface area contributed by atoms with E-state index in [1.807, 2.05) is 56.3 Å². The molecule has 0 fully saturated rings. The van der Waals surface area contributed by atoms with Gasteiger partial charge in [0.25, 0.3) is 5.91 Å². The lowest BCUT2D eigenvalue weighted by atomic mass is 10.1. The summed E-state index contributed by atoms with van der Waals surface area (Å²) in [6.45, 7) is 5.17. The van der Waals surface area contributed by atoms with Gasteiger partial charge in [-0.15, -0.1) is 11.8 Å². The molecule has 2 aromatic rings. The number of anilines is 1. The van der Waals surface area contributed by atoms with E-state index in [2.05, 4.69) is 5.32 Å². The van der Waals surface area contributed by atoms with Gasteiger partial charge in [-0.3, -0.25) is 9.59 Å². The number of carbonyl (C=O) groups is 2. The predicted molar refractivity (Wildman–Crippen MR) is 99.5 cm³/mol. The first kappa shape index (κ1) is 18.1. The van der Waals surface area contributed by atoms with E-state index in [-0.39, 0.29) is 11.8 Å². The molecule has 0 bridgehead atoms. The molecule has 24 heavy (non-hydrogen) atoms. The first-order chi connectivity index (χ1) is 11.7. The molecule has 0 aliphatic heterocycles. The molecule has 0 aliphatic rings. The molecule has 1 N–H and O–H groups in total. The number of para-hydroxylation sites is 1. The minimum absolute atomic E-state index is 0.0633. The van der Waals surface area contributed by atoms with Gasteiger partial charge in [-0.2, -0.15) is 0 Å². The number of thioether (sulfide) groups is 1. The van der Waals surface area contributed by atoms with Crippen LogP contribution < -0.4 is 5.32 Å². The summed E-state index contributed by atoms with van der Waals surface area (Å²) in [5.74, 6) is 0.118. The molecule has 0 radical (unpaired) electrons. The molecule has 0 aromatic heterocycles. The second-order valence-corrected chi connectivity index (χ2v) is 6.22. The maximum absolute atomic E-state index is 12.6. The monoisotopic (exact) mass is 342 g/mol. The Balaban J connectivity index is 2.04. The topological polar surface area (TPSA) is 49.4 Å². The molecule has 2 amide bonds. The van der Waals surface area contributed by atoms with E-state index in [4.69, 9.17) is 0 Å². The zero-order valence-electron chi connectivity index (χ0n) is 14.0. The maximum atomic E-state index is 12.6. The average molecular weight is 342 g/mol. The molecule has 4 nitrogen and oxygen atoms in total. The fourth-order valence-corrected chi connectivity index (χ4v) is 3.03. The van der Waals surface area contributed by atoms with Crippen molar-refractivity contribution < 1.29 is 9.59 Å². The van der Waals surface area contributed by atoms with Crippen LogP contribution in [-0.2, 0) is 4.79 Å². The van der Waals surface area contributed by atoms with Crippen LogP contribution in [0.15, 0.2) is 59.5 Å². The Morgan fingerprint density at radius 2 is 1.58 bits per heavy atom. The summed E-state index contributed by atoms with van der Waals surface area (Å²) in [7, 11) is 0. The lowest BCUT2D eigenvalue weighted by molar-refractivity contribution is -0.113. The Morgan fingerprint density at radius 3 is 2.25 bits per heavy atom. The van der Waals surface area contributed by atoms with E-state index in [1.165, 1.54) is 11.8 Å². The highest BCUT2D eigenvalue weighted by Gasteiger charge is 2.17. The lowest BCUT2D eigenvalue weighted by Gasteiger charge is -2.20. The summed E-state index contributed by atoms with van der Waals surface area (Å²) in [5, 5.41) is 2.86. The molecular formula is C19H22N2O2S. The highest BCUT2D eigenvalue weighted by molar-refractivity contribution is 8.00. The summed E-state index contributed by atoms with van der Waals surface area (Å²) in [5.41, 5.74) is 1.09. The molecule has 2 rings (SSSR count). The fourth-order valence-electron chi connectivity index (χ4n) is 2.31. The predicted octanol–water partition coefficient (Wildman–Crippen LogP) is 3.90. The zero-order valence-corrected chi connectivity index (χ0v) is 14.8. The Bertz CT molecular complexity index is 685. The molecule has 0 saturated heterocycles. The summed E-state index contributed by atoms with van der Waals surface area (Å²) in [6, 6.07) is 16.9. The largest absolute Gasteiger partial charge is 0.339 e. The van der Waals surface area contributed by atoms with E-state index < -0.39 is 0 Å². The number of carbonyl (C=O) groups excluding carboxylic acids is 2. The molecule has 0 heterocycles. The summed E-state index contributed by atoms with van der Waals surface area (Å²) >= 11 is 1.47. The van der Waals surface area contributed by atoms with Crippen molar-refractivity contribution in [2.24, 2.45) is 0 Å². The number of rotatable bonds is 7. The van der Waals surface area contributed by atoms with Crippen molar-refractivity contribution in [3.05, 3.63) is 60.2 Å². The standard InChI is InChI=1S/C19H22N2O2S/c1-3-21(4-2)19(23)16-12-8-9-13-17(16)20-18(22)14-24-15-10-6-5-7-11-15/h5-13H,3-4,14H2,1-2H3,(H,20,22). The second-order valence-electron chi connectivity index (χ2n) is 5.17. The number of nitrogens with one attached hydrogen (secondary N) is 1. The SMILES string of the molecule is CCN(CC)C(=O)c1ccccc1NC(=O)CSc1ccccc1. The van der Waals surface area contributed by atoms with Gasteiger partial charge >= 0.3 is 0 Å². The van der Waals surface area contributed by atoms with Crippen LogP contribution in [0.1, 0.15) is 24.2 Å². The van der Waals surface area contributed by atoms with Crippen LogP contribution in [0.4, 0.5) is 5.69 Å². The van der Waals surface area contributed by atoms with Crippen molar-refractivity contribution in [1.29, 1.82) is 0 Å². The van der Waals surface area contributed by atoms with E-state index in [0.29, 0.717) is 30.1 Å². The van der Waals surface area contributed by atoms with Crippen LogP contribution in [0.3, 0.4) is 0 Å². The van der Waals surface area contributed by atoms with E-state index >= 15 is 0 Å². The van der Waals surface area contributed by atoms with Crippen molar-refractivity contribution in [1.82, 2.24) is 4.90 Å². The third-order valence-electron chi connectivity index (χ3n) is 3.60. The van der Waals surface area contributed by atoms with Gasteiger partial charge in [0.2, 0.25) is 5.91 Å². The minimum atomic E-state index is -0.122. The Morgan fingerprint density at radius 1 is 0.958 bits per heavy atom. The van der Waals surface area contributed by atoms with E-state index in [9.17, 15) is 9.59 Å². The quantitative estimate of drug-likeness (QED) is 0.777. The lowest BCUT2D eigenvalue weighted by Crippen LogP contribution is -2.31. The normalized spacial score (nSPS) is 10.2. The van der Waals surface area contributed by atoms with Crippen molar-refractivity contribution in [2.75, 3.05) is 24.2 Å².